The summed E-state index contributed by atoms with van der Waals surface area (Å²) in [6.45, 7) is 4.62. The average molecular weight is 444 g/mol. The fourth-order valence-electron chi connectivity index (χ4n) is 3.57. The monoisotopic (exact) mass is 443 g/mol. The maximum Gasteiger partial charge on any atom is 0.256 e. The molecule has 1 N–H and O–H groups in total. The second-order valence-corrected chi connectivity index (χ2v) is 8.65. The van der Waals surface area contributed by atoms with Crippen molar-refractivity contribution >= 4 is 23.4 Å². The van der Waals surface area contributed by atoms with Gasteiger partial charge in [-0.05, 0) is 48.4 Å². The van der Waals surface area contributed by atoms with Crippen LogP contribution in [0.25, 0.3) is 0 Å². The molecule has 3 aromatic rings. The number of rotatable bonds is 7. The van der Waals surface area contributed by atoms with Gasteiger partial charge in [0.2, 0.25) is 0 Å². The van der Waals surface area contributed by atoms with Crippen molar-refractivity contribution in [2.24, 2.45) is 0 Å². The molecule has 0 spiro atoms. The predicted molar refractivity (Wildman–Crippen MR) is 127 cm³/mol. The number of ether oxygens (including phenoxy) is 1. The Morgan fingerprint density at radius 3 is 2.41 bits per heavy atom. The minimum atomic E-state index is -0.163. The van der Waals surface area contributed by atoms with Gasteiger partial charge < -0.3 is 10.1 Å². The molecule has 0 aromatic heterocycles. The summed E-state index contributed by atoms with van der Waals surface area (Å²) in [4.78, 5) is 17.1. The van der Waals surface area contributed by atoms with Gasteiger partial charge in [-0.3, -0.25) is 9.69 Å². The number of nitrogens with zero attached hydrogens (tertiary/aromatic N) is 2. The molecule has 1 aliphatic heterocycles. The number of nitrogens with one attached hydrogen (secondary N) is 1. The number of carbonyl (C=O) groups is 1. The molecule has 1 fully saturated rings. The summed E-state index contributed by atoms with van der Waals surface area (Å²) in [5, 5.41) is 12.4. The maximum absolute atomic E-state index is 13.0. The minimum Gasteiger partial charge on any atom is -0.379 e. The third-order valence-electron chi connectivity index (χ3n) is 5.39. The number of carbonyl (C=O) groups excluding carboxylic acids is 1. The van der Waals surface area contributed by atoms with Gasteiger partial charge in [0.1, 0.15) is 6.07 Å². The van der Waals surface area contributed by atoms with Crippen LogP contribution in [-0.2, 0) is 11.2 Å². The van der Waals surface area contributed by atoms with E-state index in [4.69, 9.17) is 4.74 Å². The molecule has 0 atom stereocenters. The van der Waals surface area contributed by atoms with Gasteiger partial charge in [-0.25, -0.2) is 0 Å². The smallest absolute Gasteiger partial charge is 0.256 e. The number of hydrogen-bond donors (Lipinski definition) is 1. The van der Waals surface area contributed by atoms with Crippen molar-refractivity contribution in [1.29, 1.82) is 5.26 Å². The maximum atomic E-state index is 13.0. The Labute approximate surface area is 193 Å². The van der Waals surface area contributed by atoms with Crippen molar-refractivity contribution in [3.63, 3.8) is 0 Å². The Balaban J connectivity index is 1.40. The molecule has 4 rings (SSSR count). The summed E-state index contributed by atoms with van der Waals surface area (Å²) in [5.41, 5.74) is 3.20. The summed E-state index contributed by atoms with van der Waals surface area (Å²) >= 11 is 1.43. The van der Waals surface area contributed by atoms with Gasteiger partial charge in [0.25, 0.3) is 5.91 Å². The first-order chi connectivity index (χ1) is 15.7. The van der Waals surface area contributed by atoms with E-state index in [9.17, 15) is 10.1 Å². The second kappa shape index (κ2) is 11.0. The van der Waals surface area contributed by atoms with Crippen molar-refractivity contribution in [3.8, 4) is 6.07 Å². The van der Waals surface area contributed by atoms with Gasteiger partial charge in [0, 0.05) is 35.1 Å². The predicted octanol–water partition coefficient (Wildman–Crippen LogP) is 4.84. The highest BCUT2D eigenvalue weighted by molar-refractivity contribution is 7.99. The van der Waals surface area contributed by atoms with Crippen molar-refractivity contribution in [2.75, 3.05) is 38.2 Å². The summed E-state index contributed by atoms with van der Waals surface area (Å²) in [5.74, 6) is -0.163. The molecule has 1 heterocycles. The van der Waals surface area contributed by atoms with Crippen molar-refractivity contribution in [2.45, 2.75) is 16.2 Å². The summed E-state index contributed by atoms with van der Waals surface area (Å²) < 4.78 is 5.40. The quantitative estimate of drug-likeness (QED) is 0.566. The largest absolute Gasteiger partial charge is 0.379 e. The van der Waals surface area contributed by atoms with E-state index in [0.29, 0.717) is 11.1 Å². The molecule has 1 aliphatic rings. The van der Waals surface area contributed by atoms with Gasteiger partial charge in [-0.15, -0.1) is 0 Å². The molecule has 0 radical (unpaired) electrons. The van der Waals surface area contributed by atoms with Crippen LogP contribution in [0.2, 0.25) is 0 Å². The first-order valence-corrected chi connectivity index (χ1v) is 11.5. The van der Waals surface area contributed by atoms with E-state index in [0.717, 1.165) is 54.7 Å². The molecule has 0 unspecified atom stereocenters. The Morgan fingerprint density at radius 2 is 1.66 bits per heavy atom. The fourth-order valence-corrected chi connectivity index (χ4v) is 4.60. The fraction of sp³-hybridized carbons (Fsp3) is 0.231. The minimum absolute atomic E-state index is 0.163. The van der Waals surface area contributed by atoms with E-state index < -0.39 is 0 Å². The van der Waals surface area contributed by atoms with Gasteiger partial charge >= 0.3 is 0 Å². The number of nitriles is 1. The topological polar surface area (TPSA) is 65.4 Å². The lowest BCUT2D eigenvalue weighted by Gasteiger charge is -2.26. The average Bonchev–Trinajstić information content (AvgIpc) is 2.85. The SMILES string of the molecule is N#Cc1ccccc1Sc1ccccc1C(=O)Nc1ccc(CCN2CCOCC2)cc1. The lowest BCUT2D eigenvalue weighted by molar-refractivity contribution is 0.0384. The van der Waals surface area contributed by atoms with Gasteiger partial charge in [-0.1, -0.05) is 48.2 Å². The molecular weight excluding hydrogens is 418 g/mol. The molecule has 32 heavy (non-hydrogen) atoms. The number of anilines is 1. The third kappa shape index (κ3) is 5.77. The van der Waals surface area contributed by atoms with Crippen LogP contribution in [0.4, 0.5) is 5.69 Å². The number of benzene rings is 3. The zero-order valence-corrected chi connectivity index (χ0v) is 18.6. The Bertz CT molecular complexity index is 1100. The lowest BCUT2D eigenvalue weighted by Crippen LogP contribution is -2.37. The molecule has 0 bridgehead atoms. The summed E-state index contributed by atoms with van der Waals surface area (Å²) in [6, 6.07) is 25.1. The van der Waals surface area contributed by atoms with Crippen LogP contribution in [0.15, 0.2) is 82.6 Å². The van der Waals surface area contributed by atoms with Crippen LogP contribution in [0.5, 0.6) is 0 Å². The highest BCUT2D eigenvalue weighted by atomic mass is 32.2. The molecule has 162 valence electrons. The van der Waals surface area contributed by atoms with E-state index in [2.05, 4.69) is 28.4 Å². The van der Waals surface area contributed by atoms with Crippen molar-refractivity contribution < 1.29 is 9.53 Å². The number of amides is 1. The van der Waals surface area contributed by atoms with Crippen LogP contribution in [0.3, 0.4) is 0 Å². The first-order valence-electron chi connectivity index (χ1n) is 10.7. The molecule has 5 nitrogen and oxygen atoms in total. The summed E-state index contributed by atoms with van der Waals surface area (Å²) in [6.07, 6.45) is 0.978. The number of morpholine rings is 1. The molecule has 1 amide bonds. The van der Waals surface area contributed by atoms with Crippen molar-refractivity contribution in [1.82, 2.24) is 4.90 Å². The van der Waals surface area contributed by atoms with E-state index in [1.807, 2.05) is 54.6 Å². The Morgan fingerprint density at radius 1 is 0.969 bits per heavy atom. The van der Waals surface area contributed by atoms with E-state index in [1.165, 1.54) is 17.3 Å². The molecule has 6 heteroatoms. The molecule has 1 saturated heterocycles. The van der Waals surface area contributed by atoms with Crippen LogP contribution in [-0.4, -0.2) is 43.7 Å². The Kier molecular flexibility index (Phi) is 7.57. The van der Waals surface area contributed by atoms with Crippen molar-refractivity contribution in [3.05, 3.63) is 89.5 Å². The lowest BCUT2D eigenvalue weighted by atomic mass is 10.1. The van der Waals surface area contributed by atoms with Crippen LogP contribution >= 0.6 is 11.8 Å². The van der Waals surface area contributed by atoms with Crippen LogP contribution in [0, 0.1) is 11.3 Å². The molecular formula is C26H25N3O2S. The first kappa shape index (κ1) is 22.1. The van der Waals surface area contributed by atoms with Crippen LogP contribution in [0.1, 0.15) is 21.5 Å². The zero-order valence-electron chi connectivity index (χ0n) is 17.8. The molecule has 3 aromatic carbocycles. The highest BCUT2D eigenvalue weighted by Crippen LogP contribution is 2.33. The zero-order chi connectivity index (χ0) is 22.2. The van der Waals surface area contributed by atoms with Gasteiger partial charge in [-0.2, -0.15) is 5.26 Å². The van der Waals surface area contributed by atoms with E-state index in [-0.39, 0.29) is 5.91 Å². The van der Waals surface area contributed by atoms with E-state index >= 15 is 0 Å². The van der Waals surface area contributed by atoms with Crippen LogP contribution < -0.4 is 5.32 Å². The third-order valence-corrected chi connectivity index (χ3v) is 6.54. The standard InChI is InChI=1S/C26H25N3O2S/c27-19-21-5-1-3-7-24(21)32-25-8-4-2-6-23(25)26(30)28-22-11-9-20(10-12-22)13-14-29-15-17-31-18-16-29/h1-12H,13-18H2,(H,28,30). The number of hydrogen-bond acceptors (Lipinski definition) is 5. The summed E-state index contributed by atoms with van der Waals surface area (Å²) in [7, 11) is 0. The second-order valence-electron chi connectivity index (χ2n) is 7.56. The molecule has 0 saturated carbocycles. The van der Waals surface area contributed by atoms with Gasteiger partial charge in [0.05, 0.1) is 24.3 Å². The van der Waals surface area contributed by atoms with E-state index in [1.54, 1.807) is 6.07 Å². The van der Waals surface area contributed by atoms with Gasteiger partial charge in [0.15, 0.2) is 0 Å². The Hall–Kier alpha value is -3.11. The molecule has 0 aliphatic carbocycles. The highest BCUT2D eigenvalue weighted by Gasteiger charge is 2.14. The normalized spacial score (nSPS) is 14.0.